The maximum atomic E-state index is 12.5. The Morgan fingerprint density at radius 3 is 2.65 bits per heavy atom. The highest BCUT2D eigenvalue weighted by Crippen LogP contribution is 2.31. The maximum Gasteiger partial charge on any atom is 0.263 e. The summed E-state index contributed by atoms with van der Waals surface area (Å²) in [6.45, 7) is 2.48. The molecule has 0 bridgehead atoms. The van der Waals surface area contributed by atoms with Gasteiger partial charge in [0, 0.05) is 7.05 Å². The first-order valence-corrected chi connectivity index (χ1v) is 8.37. The molecule has 2 aromatic carbocycles. The number of likely N-dealkylation sites (N-methyl/N-ethyl adjacent to an activating group) is 1. The number of carbonyl (C=O) groups excluding carboxylic acids is 1. The van der Waals surface area contributed by atoms with E-state index in [0.29, 0.717) is 30.2 Å². The third-order valence-corrected chi connectivity index (χ3v) is 4.07. The first kappa shape index (κ1) is 17.6. The molecule has 26 heavy (non-hydrogen) atoms. The standard InChI is InChI=1S/C20H20N2O4/c1-14(25-16-9-7-15(11-21)8-10-16)20(23)22(2)12-17-13-24-18-5-3-4-6-19(18)26-17/h3-10,14,17H,12-13H2,1-2H3. The van der Waals surface area contributed by atoms with E-state index >= 15 is 0 Å². The summed E-state index contributed by atoms with van der Waals surface area (Å²) in [6, 6.07) is 16.2. The Balaban J connectivity index is 1.54. The number of fused-ring (bicyclic) bond motifs is 1. The predicted molar refractivity (Wildman–Crippen MR) is 95.2 cm³/mol. The van der Waals surface area contributed by atoms with Crippen molar-refractivity contribution >= 4 is 5.91 Å². The van der Waals surface area contributed by atoms with Crippen LogP contribution in [0.25, 0.3) is 0 Å². The third-order valence-electron chi connectivity index (χ3n) is 4.07. The fourth-order valence-electron chi connectivity index (χ4n) is 2.72. The van der Waals surface area contributed by atoms with Crippen molar-refractivity contribution in [2.45, 2.75) is 19.1 Å². The molecule has 1 heterocycles. The number of amides is 1. The minimum atomic E-state index is -0.648. The van der Waals surface area contributed by atoms with E-state index in [4.69, 9.17) is 19.5 Å². The number of hydrogen-bond acceptors (Lipinski definition) is 5. The maximum absolute atomic E-state index is 12.5. The Kier molecular flexibility index (Phi) is 5.28. The molecule has 6 heteroatoms. The van der Waals surface area contributed by atoms with E-state index in [2.05, 4.69) is 0 Å². The Bertz CT molecular complexity index is 813. The van der Waals surface area contributed by atoms with Crippen molar-refractivity contribution in [3.63, 3.8) is 0 Å². The molecule has 0 saturated carbocycles. The van der Waals surface area contributed by atoms with Gasteiger partial charge in [-0.15, -0.1) is 0 Å². The molecule has 0 aromatic heterocycles. The molecule has 0 fully saturated rings. The molecule has 0 N–H and O–H groups in total. The first-order chi connectivity index (χ1) is 12.6. The van der Waals surface area contributed by atoms with E-state index in [-0.39, 0.29) is 12.0 Å². The van der Waals surface area contributed by atoms with Gasteiger partial charge >= 0.3 is 0 Å². The van der Waals surface area contributed by atoms with E-state index < -0.39 is 6.10 Å². The van der Waals surface area contributed by atoms with Gasteiger partial charge in [-0.3, -0.25) is 4.79 Å². The van der Waals surface area contributed by atoms with E-state index in [9.17, 15) is 4.79 Å². The molecule has 0 spiro atoms. The Hall–Kier alpha value is -3.20. The second kappa shape index (κ2) is 7.79. The van der Waals surface area contributed by atoms with Crippen molar-refractivity contribution in [3.05, 3.63) is 54.1 Å². The van der Waals surface area contributed by atoms with Gasteiger partial charge in [-0.1, -0.05) is 12.1 Å². The van der Waals surface area contributed by atoms with Crippen LogP contribution in [0.4, 0.5) is 0 Å². The molecule has 2 unspecified atom stereocenters. The zero-order valence-corrected chi connectivity index (χ0v) is 14.7. The molecule has 1 aliphatic heterocycles. The number of benzene rings is 2. The lowest BCUT2D eigenvalue weighted by molar-refractivity contribution is -0.138. The quantitative estimate of drug-likeness (QED) is 0.827. The van der Waals surface area contributed by atoms with Gasteiger partial charge in [-0.2, -0.15) is 5.26 Å². The van der Waals surface area contributed by atoms with Crippen LogP contribution in [0.5, 0.6) is 17.2 Å². The van der Waals surface area contributed by atoms with Gasteiger partial charge < -0.3 is 19.1 Å². The topological polar surface area (TPSA) is 71.8 Å². The van der Waals surface area contributed by atoms with Crippen LogP contribution in [0.15, 0.2) is 48.5 Å². The van der Waals surface area contributed by atoms with Crippen LogP contribution in [0.2, 0.25) is 0 Å². The number of para-hydroxylation sites is 2. The van der Waals surface area contributed by atoms with Crippen molar-refractivity contribution in [1.82, 2.24) is 4.90 Å². The number of hydrogen-bond donors (Lipinski definition) is 0. The molecule has 3 rings (SSSR count). The lowest BCUT2D eigenvalue weighted by Crippen LogP contribution is -2.45. The highest BCUT2D eigenvalue weighted by molar-refractivity contribution is 5.80. The summed E-state index contributed by atoms with van der Waals surface area (Å²) < 4.78 is 17.2. The minimum Gasteiger partial charge on any atom is -0.486 e. The van der Waals surface area contributed by atoms with Crippen LogP contribution in [-0.2, 0) is 4.79 Å². The SMILES string of the molecule is CC(Oc1ccc(C#N)cc1)C(=O)N(C)CC1COc2ccccc2O1. The fourth-order valence-corrected chi connectivity index (χ4v) is 2.72. The molecular formula is C20H20N2O4. The van der Waals surface area contributed by atoms with Gasteiger partial charge in [0.2, 0.25) is 0 Å². The van der Waals surface area contributed by atoms with Crippen molar-refractivity contribution in [3.8, 4) is 23.3 Å². The molecular weight excluding hydrogens is 332 g/mol. The van der Waals surface area contributed by atoms with Gasteiger partial charge in [-0.25, -0.2) is 0 Å². The molecule has 1 amide bonds. The van der Waals surface area contributed by atoms with Gasteiger partial charge in [0.25, 0.3) is 5.91 Å². The number of ether oxygens (including phenoxy) is 3. The van der Waals surface area contributed by atoms with E-state index in [1.807, 2.05) is 30.3 Å². The van der Waals surface area contributed by atoms with Crippen LogP contribution < -0.4 is 14.2 Å². The summed E-state index contributed by atoms with van der Waals surface area (Å²) >= 11 is 0. The number of nitriles is 1. The lowest BCUT2D eigenvalue weighted by atomic mass is 10.2. The minimum absolute atomic E-state index is 0.156. The Morgan fingerprint density at radius 1 is 1.27 bits per heavy atom. The lowest BCUT2D eigenvalue weighted by Gasteiger charge is -2.30. The van der Waals surface area contributed by atoms with Crippen LogP contribution in [0.3, 0.4) is 0 Å². The number of carbonyl (C=O) groups is 1. The summed E-state index contributed by atoms with van der Waals surface area (Å²) in [5.41, 5.74) is 0.545. The molecule has 2 atom stereocenters. The van der Waals surface area contributed by atoms with Gasteiger partial charge in [0.15, 0.2) is 23.7 Å². The smallest absolute Gasteiger partial charge is 0.263 e. The van der Waals surface area contributed by atoms with Crippen LogP contribution >= 0.6 is 0 Å². The molecule has 134 valence electrons. The van der Waals surface area contributed by atoms with Crippen LogP contribution in [0, 0.1) is 11.3 Å². The van der Waals surface area contributed by atoms with Gasteiger partial charge in [0.1, 0.15) is 12.4 Å². The van der Waals surface area contributed by atoms with Gasteiger partial charge in [0.05, 0.1) is 18.2 Å². The van der Waals surface area contributed by atoms with Crippen molar-refractivity contribution in [2.24, 2.45) is 0 Å². The van der Waals surface area contributed by atoms with Crippen molar-refractivity contribution < 1.29 is 19.0 Å². The second-order valence-corrected chi connectivity index (χ2v) is 6.11. The van der Waals surface area contributed by atoms with E-state index in [0.717, 1.165) is 5.75 Å². The summed E-state index contributed by atoms with van der Waals surface area (Å²) in [5, 5.41) is 8.81. The predicted octanol–water partition coefficient (Wildman–Crippen LogP) is 2.62. The summed E-state index contributed by atoms with van der Waals surface area (Å²) in [7, 11) is 1.71. The molecule has 0 radical (unpaired) electrons. The molecule has 2 aromatic rings. The van der Waals surface area contributed by atoms with E-state index in [1.54, 1.807) is 43.1 Å². The summed E-state index contributed by atoms with van der Waals surface area (Å²) in [6.07, 6.45) is -0.884. The number of rotatable bonds is 5. The average Bonchev–Trinajstić information content (AvgIpc) is 2.67. The van der Waals surface area contributed by atoms with Crippen molar-refractivity contribution in [1.29, 1.82) is 5.26 Å². The second-order valence-electron chi connectivity index (χ2n) is 6.11. The zero-order chi connectivity index (χ0) is 18.5. The largest absolute Gasteiger partial charge is 0.486 e. The van der Waals surface area contributed by atoms with Crippen LogP contribution in [0.1, 0.15) is 12.5 Å². The van der Waals surface area contributed by atoms with E-state index in [1.165, 1.54) is 0 Å². The molecule has 0 saturated heterocycles. The monoisotopic (exact) mass is 352 g/mol. The summed E-state index contributed by atoms with van der Waals surface area (Å²) in [4.78, 5) is 14.1. The highest BCUT2D eigenvalue weighted by Gasteiger charge is 2.26. The highest BCUT2D eigenvalue weighted by atomic mass is 16.6. The Morgan fingerprint density at radius 2 is 1.96 bits per heavy atom. The normalized spacial score (nSPS) is 16.3. The zero-order valence-electron chi connectivity index (χ0n) is 14.7. The first-order valence-electron chi connectivity index (χ1n) is 8.37. The molecule has 1 aliphatic rings. The Labute approximate surface area is 152 Å². The fraction of sp³-hybridized carbons (Fsp3) is 0.300. The van der Waals surface area contributed by atoms with Crippen LogP contribution in [-0.4, -0.2) is 43.2 Å². The molecule has 0 aliphatic carbocycles. The molecule has 6 nitrogen and oxygen atoms in total. The average molecular weight is 352 g/mol. The van der Waals surface area contributed by atoms with Crippen molar-refractivity contribution in [2.75, 3.05) is 20.2 Å². The number of nitrogens with zero attached hydrogens (tertiary/aromatic N) is 2. The van der Waals surface area contributed by atoms with Gasteiger partial charge in [-0.05, 0) is 43.3 Å². The third kappa shape index (κ3) is 4.06. The summed E-state index contributed by atoms with van der Waals surface area (Å²) in [5.74, 6) is 1.79.